The molecule has 0 aromatic heterocycles. The molecule has 2 N–H and O–H groups in total. The Balaban J connectivity index is 2.26. The van der Waals surface area contributed by atoms with Gasteiger partial charge in [-0.3, -0.25) is 4.90 Å². The summed E-state index contributed by atoms with van der Waals surface area (Å²) in [6.07, 6.45) is 5.03. The van der Waals surface area contributed by atoms with Crippen LogP contribution in [0.4, 0.5) is 4.39 Å². The summed E-state index contributed by atoms with van der Waals surface area (Å²) in [5.74, 6) is 0.506. The van der Waals surface area contributed by atoms with Crippen molar-refractivity contribution in [2.75, 3.05) is 7.05 Å². The Morgan fingerprint density at radius 1 is 1.25 bits per heavy atom. The second-order valence-corrected chi connectivity index (χ2v) is 6.32. The number of halogens is 1. The molecule has 1 fully saturated rings. The van der Waals surface area contributed by atoms with Crippen LogP contribution in [0.5, 0.6) is 0 Å². The normalized spacial score (nSPS) is 26.5. The van der Waals surface area contributed by atoms with Gasteiger partial charge in [0, 0.05) is 17.6 Å². The van der Waals surface area contributed by atoms with Gasteiger partial charge in [0.15, 0.2) is 0 Å². The van der Waals surface area contributed by atoms with Crippen molar-refractivity contribution in [2.45, 2.75) is 57.7 Å². The van der Waals surface area contributed by atoms with Crippen LogP contribution in [0.15, 0.2) is 24.3 Å². The van der Waals surface area contributed by atoms with Crippen LogP contribution < -0.4 is 5.73 Å². The van der Waals surface area contributed by atoms with Crippen LogP contribution in [0.25, 0.3) is 0 Å². The van der Waals surface area contributed by atoms with E-state index in [-0.39, 0.29) is 17.9 Å². The van der Waals surface area contributed by atoms with Crippen molar-refractivity contribution < 1.29 is 4.39 Å². The van der Waals surface area contributed by atoms with E-state index in [1.54, 1.807) is 6.07 Å². The van der Waals surface area contributed by atoms with Gasteiger partial charge < -0.3 is 5.73 Å². The van der Waals surface area contributed by atoms with E-state index >= 15 is 0 Å². The average molecular weight is 278 g/mol. The first-order chi connectivity index (χ1) is 9.52. The predicted octanol–water partition coefficient (Wildman–Crippen LogP) is 3.72. The van der Waals surface area contributed by atoms with E-state index in [9.17, 15) is 4.39 Å². The SMILES string of the molecule is CC(N)C(c1ccccc1F)N(C)C1CCCCC1C. The third kappa shape index (κ3) is 3.21. The highest BCUT2D eigenvalue weighted by Gasteiger charge is 2.32. The van der Waals surface area contributed by atoms with Crippen molar-refractivity contribution in [3.05, 3.63) is 35.6 Å². The van der Waals surface area contributed by atoms with Gasteiger partial charge in [-0.2, -0.15) is 0 Å². The molecule has 112 valence electrons. The summed E-state index contributed by atoms with van der Waals surface area (Å²) in [5.41, 5.74) is 6.91. The minimum Gasteiger partial charge on any atom is -0.326 e. The molecular formula is C17H27FN2. The molecule has 0 spiro atoms. The lowest BCUT2D eigenvalue weighted by molar-refractivity contribution is 0.0842. The van der Waals surface area contributed by atoms with E-state index in [0.717, 1.165) is 5.56 Å². The summed E-state index contributed by atoms with van der Waals surface area (Å²) in [4.78, 5) is 2.31. The van der Waals surface area contributed by atoms with Crippen LogP contribution in [0.2, 0.25) is 0 Å². The summed E-state index contributed by atoms with van der Waals surface area (Å²) < 4.78 is 14.1. The first kappa shape index (κ1) is 15.5. The number of nitrogens with two attached hydrogens (primary N) is 1. The average Bonchev–Trinajstić information content (AvgIpc) is 2.41. The summed E-state index contributed by atoms with van der Waals surface area (Å²) >= 11 is 0. The summed E-state index contributed by atoms with van der Waals surface area (Å²) in [6.45, 7) is 4.28. The fourth-order valence-electron chi connectivity index (χ4n) is 3.70. The fraction of sp³-hybridized carbons (Fsp3) is 0.647. The smallest absolute Gasteiger partial charge is 0.128 e. The zero-order valence-corrected chi connectivity index (χ0v) is 12.8. The minimum absolute atomic E-state index is 0.0539. The van der Waals surface area contributed by atoms with Crippen LogP contribution in [-0.2, 0) is 0 Å². The summed E-state index contributed by atoms with van der Waals surface area (Å²) in [5, 5.41) is 0. The molecule has 0 bridgehead atoms. The third-order valence-electron chi connectivity index (χ3n) is 4.75. The van der Waals surface area contributed by atoms with Gasteiger partial charge in [0.1, 0.15) is 5.82 Å². The zero-order valence-electron chi connectivity index (χ0n) is 12.8. The lowest BCUT2D eigenvalue weighted by atomic mass is 9.83. The Hall–Kier alpha value is -0.930. The van der Waals surface area contributed by atoms with Gasteiger partial charge in [0.25, 0.3) is 0 Å². The quantitative estimate of drug-likeness (QED) is 0.909. The number of nitrogens with zero attached hydrogens (tertiary/aromatic N) is 1. The number of likely N-dealkylation sites (N-methyl/N-ethyl adjacent to an activating group) is 1. The van der Waals surface area contributed by atoms with Gasteiger partial charge in [-0.25, -0.2) is 4.39 Å². The van der Waals surface area contributed by atoms with E-state index in [2.05, 4.69) is 18.9 Å². The number of benzene rings is 1. The van der Waals surface area contributed by atoms with Crippen LogP contribution >= 0.6 is 0 Å². The molecule has 1 aromatic rings. The highest BCUT2D eigenvalue weighted by atomic mass is 19.1. The molecule has 0 saturated heterocycles. The van der Waals surface area contributed by atoms with Crippen molar-refractivity contribution >= 4 is 0 Å². The highest BCUT2D eigenvalue weighted by Crippen LogP contribution is 2.34. The molecule has 4 unspecified atom stereocenters. The number of hydrogen-bond donors (Lipinski definition) is 1. The Bertz CT molecular complexity index is 433. The van der Waals surface area contributed by atoms with Crippen LogP contribution in [0.1, 0.15) is 51.1 Å². The molecule has 1 aliphatic rings. The van der Waals surface area contributed by atoms with Gasteiger partial charge >= 0.3 is 0 Å². The third-order valence-corrected chi connectivity index (χ3v) is 4.75. The number of rotatable bonds is 4. The van der Waals surface area contributed by atoms with E-state index < -0.39 is 0 Å². The minimum atomic E-state index is -0.148. The Morgan fingerprint density at radius 2 is 1.90 bits per heavy atom. The maximum absolute atomic E-state index is 14.1. The molecule has 0 amide bonds. The molecule has 0 heterocycles. The number of hydrogen-bond acceptors (Lipinski definition) is 2. The highest BCUT2D eigenvalue weighted by molar-refractivity contribution is 5.23. The van der Waals surface area contributed by atoms with Gasteiger partial charge in [-0.15, -0.1) is 0 Å². The molecule has 2 nitrogen and oxygen atoms in total. The van der Waals surface area contributed by atoms with E-state index in [4.69, 9.17) is 5.73 Å². The molecule has 1 aromatic carbocycles. The summed E-state index contributed by atoms with van der Waals surface area (Å²) in [7, 11) is 2.10. The van der Waals surface area contributed by atoms with Gasteiger partial charge in [-0.05, 0) is 38.8 Å². The van der Waals surface area contributed by atoms with Gasteiger partial charge in [0.2, 0.25) is 0 Å². The van der Waals surface area contributed by atoms with E-state index in [0.29, 0.717) is 12.0 Å². The lowest BCUT2D eigenvalue weighted by Gasteiger charge is -2.42. The van der Waals surface area contributed by atoms with E-state index in [1.165, 1.54) is 31.7 Å². The molecule has 1 saturated carbocycles. The van der Waals surface area contributed by atoms with Crippen LogP contribution in [0, 0.1) is 11.7 Å². The topological polar surface area (TPSA) is 29.3 Å². The second kappa shape index (κ2) is 6.68. The van der Waals surface area contributed by atoms with Crippen molar-refractivity contribution in [3.63, 3.8) is 0 Å². The molecule has 20 heavy (non-hydrogen) atoms. The van der Waals surface area contributed by atoms with Crippen molar-refractivity contribution in [2.24, 2.45) is 11.7 Å². The van der Waals surface area contributed by atoms with Crippen molar-refractivity contribution in [1.29, 1.82) is 0 Å². The maximum Gasteiger partial charge on any atom is 0.128 e. The first-order valence-electron chi connectivity index (χ1n) is 7.74. The standard InChI is InChI=1S/C17H27FN2/c1-12-8-4-7-11-16(12)20(3)17(13(2)19)14-9-5-6-10-15(14)18/h5-6,9-10,12-13,16-17H,4,7-8,11,19H2,1-3H3. The van der Waals surface area contributed by atoms with E-state index in [1.807, 2.05) is 19.1 Å². The van der Waals surface area contributed by atoms with Crippen LogP contribution in [-0.4, -0.2) is 24.0 Å². The van der Waals surface area contributed by atoms with Gasteiger partial charge in [-0.1, -0.05) is 38.0 Å². The van der Waals surface area contributed by atoms with Crippen molar-refractivity contribution in [3.8, 4) is 0 Å². The molecule has 3 heteroatoms. The Kier molecular flexibility index (Phi) is 5.17. The Labute approximate surface area is 122 Å². The lowest BCUT2D eigenvalue weighted by Crippen LogP contribution is -2.46. The second-order valence-electron chi connectivity index (χ2n) is 6.32. The first-order valence-corrected chi connectivity index (χ1v) is 7.74. The predicted molar refractivity (Wildman–Crippen MR) is 82.0 cm³/mol. The molecule has 0 radical (unpaired) electrons. The molecule has 0 aliphatic heterocycles. The summed E-state index contributed by atoms with van der Waals surface area (Å²) in [6, 6.07) is 7.38. The largest absolute Gasteiger partial charge is 0.326 e. The van der Waals surface area contributed by atoms with Crippen molar-refractivity contribution in [1.82, 2.24) is 4.90 Å². The molecule has 4 atom stereocenters. The molecule has 1 aliphatic carbocycles. The molecular weight excluding hydrogens is 251 g/mol. The maximum atomic E-state index is 14.1. The Morgan fingerprint density at radius 3 is 2.50 bits per heavy atom. The zero-order chi connectivity index (χ0) is 14.7. The monoisotopic (exact) mass is 278 g/mol. The molecule has 2 rings (SSSR count). The van der Waals surface area contributed by atoms with Gasteiger partial charge in [0.05, 0.1) is 6.04 Å². The van der Waals surface area contributed by atoms with Crippen LogP contribution in [0.3, 0.4) is 0 Å². The fourth-order valence-corrected chi connectivity index (χ4v) is 3.70.